The molecule has 0 spiro atoms. The van der Waals surface area contributed by atoms with Crippen LogP contribution in [0.4, 0.5) is 0 Å². The summed E-state index contributed by atoms with van der Waals surface area (Å²) in [7, 11) is 0. The second-order valence-electron chi connectivity index (χ2n) is 3.71. The standard InChI is InChI=1S/C11H13N3OS/c1-7(2)15-9-5-3-8(4-6-9)10-12-11(16)14-13-10/h3-7H,1-2H3,(H2,12,13,14,16). The Hall–Kier alpha value is -1.62. The Morgan fingerprint density at radius 1 is 1.19 bits per heavy atom. The highest BCUT2D eigenvalue weighted by Gasteiger charge is 2.02. The number of hydrogen-bond acceptors (Lipinski definition) is 3. The number of aromatic amines is 2. The topological polar surface area (TPSA) is 53.7 Å². The Kier molecular flexibility index (Phi) is 3.05. The third-order valence-corrected chi connectivity index (χ3v) is 2.19. The van der Waals surface area contributed by atoms with Crippen LogP contribution in [0.5, 0.6) is 5.75 Å². The highest BCUT2D eigenvalue weighted by atomic mass is 32.1. The van der Waals surface area contributed by atoms with Gasteiger partial charge in [0.15, 0.2) is 5.82 Å². The maximum Gasteiger partial charge on any atom is 0.213 e. The first-order valence-corrected chi connectivity index (χ1v) is 5.48. The number of ether oxygens (including phenoxy) is 1. The smallest absolute Gasteiger partial charge is 0.213 e. The Labute approximate surface area is 98.7 Å². The third-order valence-electron chi connectivity index (χ3n) is 2.00. The average Bonchev–Trinajstić information content (AvgIpc) is 2.65. The molecular weight excluding hydrogens is 222 g/mol. The molecule has 0 bridgehead atoms. The van der Waals surface area contributed by atoms with E-state index in [0.29, 0.717) is 4.77 Å². The molecule has 1 heterocycles. The van der Waals surface area contributed by atoms with Gasteiger partial charge in [-0.3, -0.25) is 10.2 Å². The van der Waals surface area contributed by atoms with Crippen LogP contribution < -0.4 is 4.74 Å². The van der Waals surface area contributed by atoms with Crippen molar-refractivity contribution in [1.82, 2.24) is 15.2 Å². The van der Waals surface area contributed by atoms with Crippen molar-refractivity contribution < 1.29 is 4.74 Å². The van der Waals surface area contributed by atoms with Gasteiger partial charge in [0.25, 0.3) is 0 Å². The predicted molar refractivity (Wildman–Crippen MR) is 65.0 cm³/mol. The quantitative estimate of drug-likeness (QED) is 0.804. The minimum atomic E-state index is 0.182. The number of nitrogens with zero attached hydrogens (tertiary/aromatic N) is 1. The lowest BCUT2D eigenvalue weighted by molar-refractivity contribution is 0.242. The first-order valence-electron chi connectivity index (χ1n) is 5.07. The van der Waals surface area contributed by atoms with Crippen LogP contribution in [-0.2, 0) is 0 Å². The molecule has 84 valence electrons. The molecule has 2 rings (SSSR count). The van der Waals surface area contributed by atoms with Crippen LogP contribution in [0.2, 0.25) is 0 Å². The van der Waals surface area contributed by atoms with Gasteiger partial charge in [-0.25, -0.2) is 0 Å². The van der Waals surface area contributed by atoms with E-state index in [0.717, 1.165) is 17.1 Å². The van der Waals surface area contributed by atoms with E-state index in [-0.39, 0.29) is 6.10 Å². The molecular formula is C11H13N3OS. The molecule has 0 aliphatic carbocycles. The van der Waals surface area contributed by atoms with Gasteiger partial charge in [0.05, 0.1) is 6.10 Å². The van der Waals surface area contributed by atoms with Crippen molar-refractivity contribution in [3.63, 3.8) is 0 Å². The molecule has 5 heteroatoms. The Bertz CT molecular complexity index is 513. The fourth-order valence-electron chi connectivity index (χ4n) is 1.37. The predicted octanol–water partition coefficient (Wildman–Crippen LogP) is 2.92. The zero-order valence-electron chi connectivity index (χ0n) is 9.15. The van der Waals surface area contributed by atoms with Gasteiger partial charge in [-0.05, 0) is 50.3 Å². The molecule has 4 nitrogen and oxygen atoms in total. The number of hydrogen-bond donors (Lipinski definition) is 2. The first-order chi connectivity index (χ1) is 7.65. The fraction of sp³-hybridized carbons (Fsp3) is 0.273. The summed E-state index contributed by atoms with van der Waals surface area (Å²) in [5, 5.41) is 5.66. The maximum atomic E-state index is 5.55. The summed E-state index contributed by atoms with van der Waals surface area (Å²) in [6.07, 6.45) is 0.182. The molecule has 0 saturated heterocycles. The molecule has 0 unspecified atom stereocenters. The summed E-state index contributed by atoms with van der Waals surface area (Å²) in [5.41, 5.74) is 0.975. The van der Waals surface area contributed by atoms with Crippen LogP contribution in [0.1, 0.15) is 13.8 Å². The van der Waals surface area contributed by atoms with Gasteiger partial charge in [-0.1, -0.05) is 0 Å². The zero-order chi connectivity index (χ0) is 11.5. The number of aromatic nitrogens is 3. The van der Waals surface area contributed by atoms with Crippen molar-refractivity contribution in [2.24, 2.45) is 0 Å². The Morgan fingerprint density at radius 2 is 1.88 bits per heavy atom. The van der Waals surface area contributed by atoms with Gasteiger partial charge in [0, 0.05) is 5.56 Å². The van der Waals surface area contributed by atoms with E-state index in [1.54, 1.807) is 0 Å². The third kappa shape index (κ3) is 2.49. The normalized spacial score (nSPS) is 10.7. The molecule has 16 heavy (non-hydrogen) atoms. The minimum absolute atomic E-state index is 0.182. The molecule has 0 saturated carbocycles. The summed E-state index contributed by atoms with van der Waals surface area (Å²) < 4.78 is 6.01. The fourth-order valence-corrected chi connectivity index (χ4v) is 1.51. The number of H-pyrrole nitrogens is 2. The molecule has 2 N–H and O–H groups in total. The monoisotopic (exact) mass is 235 g/mol. The first kappa shape index (κ1) is 10.9. The number of benzene rings is 1. The highest BCUT2D eigenvalue weighted by molar-refractivity contribution is 7.71. The number of nitrogens with one attached hydrogen (secondary N) is 2. The van der Waals surface area contributed by atoms with Crippen molar-refractivity contribution >= 4 is 12.2 Å². The molecule has 1 aromatic carbocycles. The molecule has 0 fully saturated rings. The largest absolute Gasteiger partial charge is 0.491 e. The second-order valence-corrected chi connectivity index (χ2v) is 4.09. The molecule has 0 atom stereocenters. The van der Waals surface area contributed by atoms with Crippen molar-refractivity contribution in [3.05, 3.63) is 29.0 Å². The van der Waals surface area contributed by atoms with Gasteiger partial charge in [0.2, 0.25) is 4.77 Å². The van der Waals surface area contributed by atoms with Crippen molar-refractivity contribution in [3.8, 4) is 17.1 Å². The van der Waals surface area contributed by atoms with E-state index >= 15 is 0 Å². The van der Waals surface area contributed by atoms with Crippen LogP contribution >= 0.6 is 12.2 Å². The molecule has 0 amide bonds. The molecule has 0 aliphatic heterocycles. The van der Waals surface area contributed by atoms with Crippen LogP contribution in [0.3, 0.4) is 0 Å². The van der Waals surface area contributed by atoms with E-state index in [2.05, 4.69) is 15.2 Å². The maximum absolute atomic E-state index is 5.55. The van der Waals surface area contributed by atoms with Gasteiger partial charge >= 0.3 is 0 Å². The van der Waals surface area contributed by atoms with E-state index in [1.165, 1.54) is 0 Å². The molecule has 1 aromatic heterocycles. The lowest BCUT2D eigenvalue weighted by Gasteiger charge is -2.09. The van der Waals surface area contributed by atoms with Crippen molar-refractivity contribution in [1.29, 1.82) is 0 Å². The van der Waals surface area contributed by atoms with Gasteiger partial charge in [-0.15, -0.1) is 0 Å². The SMILES string of the molecule is CC(C)Oc1ccc(-c2nc(=S)[nH][nH]2)cc1. The number of rotatable bonds is 3. The Morgan fingerprint density at radius 3 is 2.38 bits per heavy atom. The van der Waals surface area contributed by atoms with Gasteiger partial charge in [0.1, 0.15) is 5.75 Å². The molecule has 0 aliphatic rings. The second kappa shape index (κ2) is 4.49. The van der Waals surface area contributed by atoms with E-state index in [1.807, 2.05) is 38.1 Å². The zero-order valence-corrected chi connectivity index (χ0v) is 9.97. The van der Waals surface area contributed by atoms with E-state index in [4.69, 9.17) is 17.0 Å². The molecule has 2 aromatic rings. The molecule has 0 radical (unpaired) electrons. The summed E-state index contributed by atoms with van der Waals surface area (Å²) in [6.45, 7) is 4.00. The van der Waals surface area contributed by atoms with Crippen molar-refractivity contribution in [2.75, 3.05) is 0 Å². The summed E-state index contributed by atoms with van der Waals surface area (Å²) >= 11 is 4.89. The summed E-state index contributed by atoms with van der Waals surface area (Å²) in [6, 6.07) is 7.72. The van der Waals surface area contributed by atoms with E-state index < -0.39 is 0 Å². The summed E-state index contributed by atoms with van der Waals surface area (Å²) in [5.74, 6) is 1.59. The Balaban J connectivity index is 2.22. The van der Waals surface area contributed by atoms with Crippen molar-refractivity contribution in [2.45, 2.75) is 20.0 Å². The highest BCUT2D eigenvalue weighted by Crippen LogP contribution is 2.19. The van der Waals surface area contributed by atoms with Gasteiger partial charge < -0.3 is 4.74 Å². The van der Waals surface area contributed by atoms with Crippen LogP contribution in [0.25, 0.3) is 11.4 Å². The van der Waals surface area contributed by atoms with Crippen LogP contribution in [0.15, 0.2) is 24.3 Å². The lowest BCUT2D eigenvalue weighted by atomic mass is 10.2. The summed E-state index contributed by atoms with van der Waals surface area (Å²) in [4.78, 5) is 4.13. The van der Waals surface area contributed by atoms with Crippen LogP contribution in [-0.4, -0.2) is 21.3 Å². The minimum Gasteiger partial charge on any atom is -0.491 e. The van der Waals surface area contributed by atoms with E-state index in [9.17, 15) is 0 Å². The lowest BCUT2D eigenvalue weighted by Crippen LogP contribution is -2.05. The van der Waals surface area contributed by atoms with Gasteiger partial charge in [-0.2, -0.15) is 4.98 Å². The van der Waals surface area contributed by atoms with Crippen LogP contribution in [0, 0.1) is 4.77 Å². The average molecular weight is 235 g/mol.